The van der Waals surface area contributed by atoms with Crippen LogP contribution in [0.3, 0.4) is 0 Å². The number of aliphatic hydroxyl groups excluding tert-OH is 1. The first-order valence-electron chi connectivity index (χ1n) is 9.86. The smallest absolute Gasteiger partial charge is 0.179 e. The Morgan fingerprint density at radius 3 is 2.10 bits per heavy atom. The normalized spacial score (nSPS) is 18.3. The zero-order valence-corrected chi connectivity index (χ0v) is 18.6. The zero-order chi connectivity index (χ0) is 21.7. The number of carbonyl (C=O) groups is 2. The van der Waals surface area contributed by atoms with Gasteiger partial charge in [0.25, 0.3) is 0 Å². The van der Waals surface area contributed by atoms with Gasteiger partial charge in [0.15, 0.2) is 11.6 Å². The molecule has 0 aliphatic heterocycles. The number of hydrogen-bond donors (Lipinski definition) is 1. The van der Waals surface area contributed by atoms with Crippen LogP contribution in [0, 0.1) is 17.8 Å². The van der Waals surface area contributed by atoms with Crippen molar-refractivity contribution in [2.75, 3.05) is 0 Å². The number of rotatable bonds is 3. The molecule has 1 aliphatic carbocycles. The minimum atomic E-state index is -1.19. The molecule has 0 atom stereocenters. The average molecular weight is 411 g/mol. The molecule has 0 heterocycles. The Bertz CT molecular complexity index is 1060. The lowest BCUT2D eigenvalue weighted by Crippen LogP contribution is -2.48. The van der Waals surface area contributed by atoms with E-state index in [1.807, 2.05) is 50.2 Å². The van der Waals surface area contributed by atoms with Crippen molar-refractivity contribution in [2.24, 2.45) is 10.8 Å². The number of carbonyl (C=O) groups excluding carboxylic acids is 2. The maximum absolute atomic E-state index is 13.3. The quantitative estimate of drug-likeness (QED) is 0.599. The van der Waals surface area contributed by atoms with Crippen molar-refractivity contribution in [3.63, 3.8) is 0 Å². The second kappa shape index (κ2) is 7.14. The summed E-state index contributed by atoms with van der Waals surface area (Å²) in [5.74, 6) is -0.747. The number of hydrogen-bond acceptors (Lipinski definition) is 3. The van der Waals surface area contributed by atoms with Crippen LogP contribution in [0.4, 0.5) is 0 Å². The third kappa shape index (κ3) is 3.32. The van der Waals surface area contributed by atoms with Crippen LogP contribution in [0.15, 0.2) is 42.2 Å². The molecule has 0 fully saturated rings. The minimum absolute atomic E-state index is 0.147. The van der Waals surface area contributed by atoms with Crippen molar-refractivity contribution in [3.8, 4) is 11.1 Å². The summed E-state index contributed by atoms with van der Waals surface area (Å²) in [7, 11) is 0. The number of allylic oxidation sites excluding steroid dienone is 2. The molecule has 0 radical (unpaired) electrons. The number of aryl methyl sites for hydroxylation is 2. The van der Waals surface area contributed by atoms with Gasteiger partial charge in [0, 0.05) is 5.02 Å². The molecule has 29 heavy (non-hydrogen) atoms. The standard InChI is InChI=1S/C25H27ClO3/c1-7-15-8-9-17(16-10-11-19(26)14(2)12-16)13-18(15)20-21(27)24(3,4)23(29)25(5,6)22(20)28/h8-13,27H,7H2,1-6H3. The van der Waals surface area contributed by atoms with E-state index in [2.05, 4.69) is 0 Å². The van der Waals surface area contributed by atoms with Crippen molar-refractivity contribution in [2.45, 2.75) is 48.0 Å². The Balaban J connectivity index is 2.29. The maximum Gasteiger partial charge on any atom is 0.179 e. The van der Waals surface area contributed by atoms with Crippen LogP contribution in [-0.2, 0) is 16.0 Å². The van der Waals surface area contributed by atoms with E-state index in [9.17, 15) is 14.7 Å². The maximum atomic E-state index is 13.3. The van der Waals surface area contributed by atoms with Gasteiger partial charge < -0.3 is 5.11 Å². The van der Waals surface area contributed by atoms with Gasteiger partial charge in [0.2, 0.25) is 0 Å². The first-order chi connectivity index (χ1) is 13.4. The van der Waals surface area contributed by atoms with Crippen molar-refractivity contribution in [3.05, 3.63) is 63.9 Å². The van der Waals surface area contributed by atoms with Gasteiger partial charge in [-0.15, -0.1) is 0 Å². The van der Waals surface area contributed by atoms with Gasteiger partial charge in [-0.05, 0) is 87.1 Å². The summed E-state index contributed by atoms with van der Waals surface area (Å²) in [5.41, 5.74) is 2.46. The van der Waals surface area contributed by atoms with Crippen LogP contribution in [0.1, 0.15) is 51.3 Å². The molecule has 0 saturated heterocycles. The van der Waals surface area contributed by atoms with Gasteiger partial charge in [0.1, 0.15) is 5.76 Å². The summed E-state index contributed by atoms with van der Waals surface area (Å²) in [6.07, 6.45) is 0.703. The fourth-order valence-corrected chi connectivity index (χ4v) is 4.21. The molecular formula is C25H27ClO3. The van der Waals surface area contributed by atoms with Crippen LogP contribution in [0.5, 0.6) is 0 Å². The summed E-state index contributed by atoms with van der Waals surface area (Å²) < 4.78 is 0. The molecule has 0 bridgehead atoms. The summed E-state index contributed by atoms with van der Waals surface area (Å²) in [4.78, 5) is 26.2. The van der Waals surface area contributed by atoms with E-state index < -0.39 is 10.8 Å². The van der Waals surface area contributed by atoms with Gasteiger partial charge in [-0.3, -0.25) is 9.59 Å². The van der Waals surface area contributed by atoms with E-state index in [0.717, 1.165) is 22.3 Å². The van der Waals surface area contributed by atoms with Gasteiger partial charge >= 0.3 is 0 Å². The number of aliphatic hydroxyl groups is 1. The zero-order valence-electron chi connectivity index (χ0n) is 17.8. The summed E-state index contributed by atoms with van der Waals surface area (Å²) in [6, 6.07) is 11.7. The van der Waals surface area contributed by atoms with Crippen LogP contribution in [0.2, 0.25) is 5.02 Å². The molecule has 2 aromatic carbocycles. The Morgan fingerprint density at radius 2 is 1.52 bits per heavy atom. The van der Waals surface area contributed by atoms with Crippen molar-refractivity contribution >= 4 is 28.7 Å². The molecule has 0 amide bonds. The Morgan fingerprint density at radius 1 is 0.931 bits per heavy atom. The second-order valence-corrected chi connectivity index (χ2v) is 9.23. The fourth-order valence-electron chi connectivity index (χ4n) is 4.10. The molecule has 3 rings (SSSR count). The molecule has 1 N–H and O–H groups in total. The van der Waals surface area contributed by atoms with Gasteiger partial charge in [-0.1, -0.05) is 36.7 Å². The lowest BCUT2D eigenvalue weighted by molar-refractivity contribution is -0.143. The van der Waals surface area contributed by atoms with Crippen LogP contribution >= 0.6 is 11.6 Å². The van der Waals surface area contributed by atoms with E-state index in [-0.39, 0.29) is 22.9 Å². The topological polar surface area (TPSA) is 54.4 Å². The highest BCUT2D eigenvalue weighted by molar-refractivity contribution is 6.34. The molecular weight excluding hydrogens is 384 g/mol. The van der Waals surface area contributed by atoms with Crippen molar-refractivity contribution in [1.29, 1.82) is 0 Å². The molecule has 152 valence electrons. The highest BCUT2D eigenvalue weighted by Gasteiger charge is 2.53. The minimum Gasteiger partial charge on any atom is -0.510 e. The highest BCUT2D eigenvalue weighted by Crippen LogP contribution is 2.47. The van der Waals surface area contributed by atoms with Crippen LogP contribution in [-0.4, -0.2) is 16.7 Å². The molecule has 0 saturated carbocycles. The van der Waals surface area contributed by atoms with Crippen LogP contribution < -0.4 is 0 Å². The fraction of sp³-hybridized carbons (Fsp3) is 0.360. The molecule has 0 unspecified atom stereocenters. The monoisotopic (exact) mass is 410 g/mol. The molecule has 1 aliphatic rings. The third-order valence-corrected chi connectivity index (χ3v) is 6.43. The first kappa shape index (κ1) is 21.3. The molecule has 0 aromatic heterocycles. The summed E-state index contributed by atoms with van der Waals surface area (Å²) >= 11 is 6.17. The largest absolute Gasteiger partial charge is 0.510 e. The Labute approximate surface area is 177 Å². The van der Waals surface area contributed by atoms with Crippen molar-refractivity contribution in [1.82, 2.24) is 0 Å². The van der Waals surface area contributed by atoms with E-state index in [4.69, 9.17) is 11.6 Å². The van der Waals surface area contributed by atoms with Gasteiger partial charge in [-0.25, -0.2) is 0 Å². The SMILES string of the molecule is CCc1ccc(-c2ccc(Cl)c(C)c2)cc1C1=C(O)C(C)(C)C(=O)C(C)(C)C1=O. The van der Waals surface area contributed by atoms with Crippen LogP contribution in [0.25, 0.3) is 16.7 Å². The second-order valence-electron chi connectivity index (χ2n) is 8.82. The van der Waals surface area contributed by atoms with E-state index in [1.54, 1.807) is 27.7 Å². The van der Waals surface area contributed by atoms with Gasteiger partial charge in [-0.2, -0.15) is 0 Å². The molecule has 0 spiro atoms. The predicted molar refractivity (Wildman–Crippen MR) is 118 cm³/mol. The predicted octanol–water partition coefficient (Wildman–Crippen LogP) is 6.35. The Hall–Kier alpha value is -2.39. The first-order valence-corrected chi connectivity index (χ1v) is 10.2. The molecule has 2 aromatic rings. The van der Waals surface area contributed by atoms with E-state index in [0.29, 0.717) is 17.0 Å². The highest BCUT2D eigenvalue weighted by atomic mass is 35.5. The summed E-state index contributed by atoms with van der Waals surface area (Å²) in [6.45, 7) is 10.6. The number of Topliss-reactive ketones (excluding diaryl/α,β-unsaturated/α-hetero) is 2. The number of benzene rings is 2. The van der Waals surface area contributed by atoms with E-state index in [1.165, 1.54) is 0 Å². The lowest BCUT2D eigenvalue weighted by Gasteiger charge is -2.38. The third-order valence-electron chi connectivity index (χ3n) is 6.01. The average Bonchev–Trinajstić information content (AvgIpc) is 2.68. The Kier molecular flexibility index (Phi) is 5.25. The number of ketones is 2. The molecule has 3 nitrogen and oxygen atoms in total. The lowest BCUT2D eigenvalue weighted by atomic mass is 9.62. The summed E-state index contributed by atoms with van der Waals surface area (Å²) in [5, 5.41) is 11.7. The van der Waals surface area contributed by atoms with E-state index >= 15 is 0 Å². The molecule has 4 heteroatoms. The van der Waals surface area contributed by atoms with Gasteiger partial charge in [0.05, 0.1) is 16.4 Å². The van der Waals surface area contributed by atoms with Crippen molar-refractivity contribution < 1.29 is 14.7 Å². The number of halogens is 1.